The average Bonchev–Trinajstić information content (AvgIpc) is 2.46. The van der Waals surface area contributed by atoms with Crippen LogP contribution in [0.5, 0.6) is 0 Å². The zero-order valence-corrected chi connectivity index (χ0v) is 9.45. The topological polar surface area (TPSA) is 44.0 Å². The van der Waals surface area contributed by atoms with Crippen LogP contribution in [-0.4, -0.2) is 11.2 Å². The van der Waals surface area contributed by atoms with Crippen LogP contribution in [0.3, 0.4) is 0 Å². The number of nitriles is 1. The van der Waals surface area contributed by atoms with Crippen molar-refractivity contribution in [1.82, 2.24) is 0 Å². The maximum Gasteiger partial charge on any atom is 0.0857 e. The molecule has 2 nitrogen and oxygen atoms in total. The first-order chi connectivity index (χ1) is 6.53. The molecule has 1 N–H and O–H groups in total. The van der Waals surface area contributed by atoms with E-state index in [2.05, 4.69) is 26.8 Å². The van der Waals surface area contributed by atoms with Gasteiger partial charge in [-0.25, -0.2) is 0 Å². The summed E-state index contributed by atoms with van der Waals surface area (Å²) >= 11 is 0. The third kappa shape index (κ3) is 1.93. The predicted molar refractivity (Wildman–Crippen MR) is 56.5 cm³/mol. The van der Waals surface area contributed by atoms with Crippen molar-refractivity contribution in [3.05, 3.63) is 0 Å². The summed E-state index contributed by atoms with van der Waals surface area (Å²) < 4.78 is 0. The SMILES string of the molecule is CC(C)CC(O)C1(C#N)CCCC1C. The van der Waals surface area contributed by atoms with Crippen LogP contribution in [0, 0.1) is 28.6 Å². The van der Waals surface area contributed by atoms with Gasteiger partial charge in [0.2, 0.25) is 0 Å². The lowest BCUT2D eigenvalue weighted by Crippen LogP contribution is -2.37. The first-order valence-corrected chi connectivity index (χ1v) is 5.62. The van der Waals surface area contributed by atoms with E-state index in [9.17, 15) is 10.4 Å². The molecule has 0 heterocycles. The molecule has 0 saturated heterocycles. The van der Waals surface area contributed by atoms with Gasteiger partial charge in [-0.15, -0.1) is 0 Å². The van der Waals surface area contributed by atoms with Gasteiger partial charge in [0.25, 0.3) is 0 Å². The van der Waals surface area contributed by atoms with Crippen molar-refractivity contribution < 1.29 is 5.11 Å². The van der Waals surface area contributed by atoms with Crippen molar-refractivity contribution in [3.63, 3.8) is 0 Å². The maximum atomic E-state index is 10.1. The Labute approximate surface area is 86.9 Å². The highest BCUT2D eigenvalue weighted by Crippen LogP contribution is 2.46. The number of hydrogen-bond acceptors (Lipinski definition) is 2. The van der Waals surface area contributed by atoms with Crippen molar-refractivity contribution in [2.75, 3.05) is 0 Å². The highest BCUT2D eigenvalue weighted by molar-refractivity contribution is 5.09. The first-order valence-electron chi connectivity index (χ1n) is 5.62. The van der Waals surface area contributed by atoms with Crippen LogP contribution in [0.2, 0.25) is 0 Å². The average molecular weight is 195 g/mol. The van der Waals surface area contributed by atoms with Crippen molar-refractivity contribution in [3.8, 4) is 6.07 Å². The Morgan fingerprint density at radius 2 is 2.21 bits per heavy atom. The number of nitrogens with zero attached hydrogens (tertiary/aromatic N) is 1. The Hall–Kier alpha value is -0.550. The normalized spacial score (nSPS) is 34.4. The van der Waals surface area contributed by atoms with Crippen LogP contribution in [0.15, 0.2) is 0 Å². The Morgan fingerprint density at radius 3 is 2.57 bits per heavy atom. The largest absolute Gasteiger partial charge is 0.391 e. The molecule has 0 aromatic heterocycles. The zero-order valence-electron chi connectivity index (χ0n) is 9.45. The summed E-state index contributed by atoms with van der Waals surface area (Å²) in [6.07, 6.45) is 3.35. The molecule has 3 atom stereocenters. The van der Waals surface area contributed by atoms with Crippen molar-refractivity contribution in [1.29, 1.82) is 5.26 Å². The molecule has 1 rings (SSSR count). The highest BCUT2D eigenvalue weighted by Gasteiger charge is 2.46. The van der Waals surface area contributed by atoms with Crippen LogP contribution in [-0.2, 0) is 0 Å². The van der Waals surface area contributed by atoms with E-state index in [1.165, 1.54) is 0 Å². The summed E-state index contributed by atoms with van der Waals surface area (Å²) in [6.45, 7) is 6.28. The second-order valence-electron chi connectivity index (χ2n) is 5.09. The molecule has 1 aliphatic rings. The van der Waals surface area contributed by atoms with E-state index in [0.717, 1.165) is 25.7 Å². The van der Waals surface area contributed by atoms with Gasteiger partial charge in [-0.2, -0.15) is 5.26 Å². The quantitative estimate of drug-likeness (QED) is 0.752. The van der Waals surface area contributed by atoms with Gasteiger partial charge in [0.05, 0.1) is 17.6 Å². The summed E-state index contributed by atoms with van der Waals surface area (Å²) in [5.41, 5.74) is -0.454. The number of rotatable bonds is 3. The fourth-order valence-electron chi connectivity index (χ4n) is 2.60. The van der Waals surface area contributed by atoms with Crippen molar-refractivity contribution >= 4 is 0 Å². The number of hydrogen-bond donors (Lipinski definition) is 1. The van der Waals surface area contributed by atoms with Gasteiger partial charge in [0.1, 0.15) is 0 Å². The molecule has 80 valence electrons. The Bertz CT molecular complexity index is 231. The third-order valence-electron chi connectivity index (χ3n) is 3.60. The molecule has 1 fully saturated rings. The minimum Gasteiger partial charge on any atom is -0.391 e. The fourth-order valence-corrected chi connectivity index (χ4v) is 2.60. The minimum absolute atomic E-state index is 0.348. The Kier molecular flexibility index (Phi) is 3.55. The molecule has 0 aromatic rings. The molecule has 0 bridgehead atoms. The maximum absolute atomic E-state index is 10.1. The van der Waals surface area contributed by atoms with Gasteiger partial charge in [-0.1, -0.05) is 27.2 Å². The fraction of sp³-hybridized carbons (Fsp3) is 0.917. The smallest absolute Gasteiger partial charge is 0.0857 e. The summed E-state index contributed by atoms with van der Waals surface area (Å²) in [5, 5.41) is 19.4. The van der Waals surface area contributed by atoms with Gasteiger partial charge in [-0.3, -0.25) is 0 Å². The van der Waals surface area contributed by atoms with Gasteiger partial charge in [0, 0.05) is 0 Å². The molecular weight excluding hydrogens is 174 g/mol. The van der Waals surface area contributed by atoms with Crippen LogP contribution >= 0.6 is 0 Å². The summed E-state index contributed by atoms with van der Waals surface area (Å²) in [4.78, 5) is 0. The van der Waals surface area contributed by atoms with Gasteiger partial charge >= 0.3 is 0 Å². The summed E-state index contributed by atoms with van der Waals surface area (Å²) in [7, 11) is 0. The summed E-state index contributed by atoms with van der Waals surface area (Å²) in [5.74, 6) is 0.810. The van der Waals surface area contributed by atoms with Crippen LogP contribution in [0.25, 0.3) is 0 Å². The minimum atomic E-state index is -0.454. The second kappa shape index (κ2) is 4.31. The van der Waals surface area contributed by atoms with E-state index in [1.54, 1.807) is 0 Å². The molecule has 1 aliphatic carbocycles. The Morgan fingerprint density at radius 1 is 1.57 bits per heavy atom. The third-order valence-corrected chi connectivity index (χ3v) is 3.60. The van der Waals surface area contributed by atoms with E-state index in [0.29, 0.717) is 11.8 Å². The zero-order chi connectivity index (χ0) is 10.8. The Balaban J connectivity index is 2.75. The lowest BCUT2D eigenvalue weighted by atomic mass is 9.73. The second-order valence-corrected chi connectivity index (χ2v) is 5.09. The van der Waals surface area contributed by atoms with Crippen LogP contribution in [0.4, 0.5) is 0 Å². The van der Waals surface area contributed by atoms with Crippen molar-refractivity contribution in [2.24, 2.45) is 17.3 Å². The van der Waals surface area contributed by atoms with Crippen LogP contribution < -0.4 is 0 Å². The molecule has 0 spiro atoms. The van der Waals surface area contributed by atoms with Gasteiger partial charge in [-0.05, 0) is 31.1 Å². The van der Waals surface area contributed by atoms with E-state index < -0.39 is 11.5 Å². The molecule has 0 aliphatic heterocycles. The number of aliphatic hydroxyl groups is 1. The molecule has 14 heavy (non-hydrogen) atoms. The van der Waals surface area contributed by atoms with E-state index in [1.807, 2.05) is 0 Å². The molecular formula is C12H21NO. The molecule has 2 heteroatoms. The van der Waals surface area contributed by atoms with Crippen molar-refractivity contribution in [2.45, 2.75) is 52.6 Å². The number of aliphatic hydroxyl groups excluding tert-OH is 1. The predicted octanol–water partition coefficient (Wildman–Crippen LogP) is 2.72. The lowest BCUT2D eigenvalue weighted by molar-refractivity contribution is 0.0260. The molecule has 1 saturated carbocycles. The monoisotopic (exact) mass is 195 g/mol. The summed E-state index contributed by atoms with van der Waals surface area (Å²) in [6, 6.07) is 2.38. The first kappa shape index (κ1) is 11.5. The van der Waals surface area contributed by atoms with Gasteiger partial charge in [0.15, 0.2) is 0 Å². The molecule has 0 radical (unpaired) electrons. The van der Waals surface area contributed by atoms with E-state index in [-0.39, 0.29) is 0 Å². The highest BCUT2D eigenvalue weighted by atomic mass is 16.3. The van der Waals surface area contributed by atoms with E-state index >= 15 is 0 Å². The lowest BCUT2D eigenvalue weighted by Gasteiger charge is -2.32. The van der Waals surface area contributed by atoms with E-state index in [4.69, 9.17) is 0 Å². The standard InChI is InChI=1S/C12H21NO/c1-9(2)7-11(14)12(8-13)6-4-5-10(12)3/h9-11,14H,4-7H2,1-3H3. The molecule has 0 amide bonds. The van der Waals surface area contributed by atoms with Gasteiger partial charge < -0.3 is 5.11 Å². The molecule has 3 unspecified atom stereocenters. The van der Waals surface area contributed by atoms with Crippen LogP contribution in [0.1, 0.15) is 46.5 Å². The molecule has 0 aromatic carbocycles.